The quantitative estimate of drug-likeness (QED) is 0.838. The summed E-state index contributed by atoms with van der Waals surface area (Å²) in [7, 11) is 0. The number of rotatable bonds is 5. The van der Waals surface area contributed by atoms with Crippen molar-refractivity contribution in [1.82, 2.24) is 5.32 Å². The number of aryl methyl sites for hydroxylation is 2. The maximum atomic E-state index is 10.2. The lowest BCUT2D eigenvalue weighted by Crippen LogP contribution is -2.25. The molecule has 1 atom stereocenters. The highest BCUT2D eigenvalue weighted by Gasteiger charge is 2.13. The number of aliphatic hydroxyl groups is 1. The molecule has 0 heterocycles. The molecule has 1 aromatic carbocycles. The fraction of sp³-hybridized carbons (Fsp3) is 0.625. The number of benzene rings is 1. The first-order valence-electron chi connectivity index (χ1n) is 7.20. The fourth-order valence-corrected chi connectivity index (χ4v) is 2.64. The molecule has 0 spiro atoms. The van der Waals surface area contributed by atoms with Crippen LogP contribution in [0.15, 0.2) is 18.2 Å². The third-order valence-electron chi connectivity index (χ3n) is 3.73. The van der Waals surface area contributed by atoms with E-state index < -0.39 is 0 Å². The minimum absolute atomic E-state index is 0.330. The average Bonchev–Trinajstić information content (AvgIpc) is 2.37. The van der Waals surface area contributed by atoms with Crippen molar-refractivity contribution >= 4 is 0 Å². The highest BCUT2D eigenvalue weighted by molar-refractivity contribution is 5.34. The monoisotopic (exact) mass is 247 g/mol. The van der Waals surface area contributed by atoms with Crippen LogP contribution < -0.4 is 5.32 Å². The van der Waals surface area contributed by atoms with Crippen molar-refractivity contribution < 1.29 is 5.11 Å². The summed E-state index contributed by atoms with van der Waals surface area (Å²) in [6.45, 7) is 5.13. The molecule has 0 saturated carbocycles. The van der Waals surface area contributed by atoms with Gasteiger partial charge in [0.15, 0.2) is 0 Å². The highest BCUT2D eigenvalue weighted by atomic mass is 16.3. The summed E-state index contributed by atoms with van der Waals surface area (Å²) in [4.78, 5) is 0. The minimum atomic E-state index is -0.330. The summed E-state index contributed by atoms with van der Waals surface area (Å²) in [5.41, 5.74) is 4.02. The van der Waals surface area contributed by atoms with Gasteiger partial charge in [0.2, 0.25) is 0 Å². The topological polar surface area (TPSA) is 32.3 Å². The van der Waals surface area contributed by atoms with E-state index in [4.69, 9.17) is 0 Å². The number of nitrogens with one attached hydrogen (secondary N) is 1. The first-order valence-corrected chi connectivity index (χ1v) is 7.20. The first-order chi connectivity index (χ1) is 8.66. The van der Waals surface area contributed by atoms with E-state index in [1.54, 1.807) is 0 Å². The van der Waals surface area contributed by atoms with Crippen LogP contribution in [0.2, 0.25) is 0 Å². The summed E-state index contributed by atoms with van der Waals surface area (Å²) in [6.07, 6.45) is 5.45. The van der Waals surface area contributed by atoms with Crippen LogP contribution in [0.25, 0.3) is 0 Å². The number of hydrogen-bond donors (Lipinski definition) is 2. The summed E-state index contributed by atoms with van der Waals surface area (Å²) in [5.74, 6) is 0. The van der Waals surface area contributed by atoms with Gasteiger partial charge < -0.3 is 10.4 Å². The van der Waals surface area contributed by atoms with Crippen LogP contribution >= 0.6 is 0 Å². The van der Waals surface area contributed by atoms with Gasteiger partial charge in [0.25, 0.3) is 0 Å². The van der Waals surface area contributed by atoms with Crippen molar-refractivity contribution in [2.75, 3.05) is 6.54 Å². The number of hydrogen-bond acceptors (Lipinski definition) is 2. The Balaban J connectivity index is 1.95. The van der Waals surface area contributed by atoms with Gasteiger partial charge in [0.1, 0.15) is 0 Å². The van der Waals surface area contributed by atoms with Crippen LogP contribution in [0.5, 0.6) is 0 Å². The third kappa shape index (κ3) is 3.56. The lowest BCUT2D eigenvalue weighted by atomic mass is 9.89. The fourth-order valence-electron chi connectivity index (χ4n) is 2.64. The molecule has 0 radical (unpaired) electrons. The summed E-state index contributed by atoms with van der Waals surface area (Å²) < 4.78 is 0. The predicted molar refractivity (Wildman–Crippen MR) is 75.8 cm³/mol. The van der Waals surface area contributed by atoms with Crippen LogP contribution in [0.4, 0.5) is 0 Å². The normalized spacial score (nSPS) is 16.7. The second kappa shape index (κ2) is 6.35. The standard InChI is InChI=1S/C16H25NO/c1-12(2)17-10-9-16(18)15-8-7-13-5-3-4-6-14(13)11-15/h7-8,11-12,16-18H,3-6,9-10H2,1-2H3. The van der Waals surface area contributed by atoms with Crippen molar-refractivity contribution in [2.45, 2.75) is 58.1 Å². The van der Waals surface area contributed by atoms with Crippen LogP contribution in [0.1, 0.15) is 55.9 Å². The van der Waals surface area contributed by atoms with E-state index in [2.05, 4.69) is 37.4 Å². The molecule has 2 heteroatoms. The van der Waals surface area contributed by atoms with E-state index in [-0.39, 0.29) is 6.10 Å². The maximum Gasteiger partial charge on any atom is 0.0802 e. The summed E-state index contributed by atoms with van der Waals surface area (Å²) >= 11 is 0. The van der Waals surface area contributed by atoms with Crippen LogP contribution in [0.3, 0.4) is 0 Å². The predicted octanol–water partition coefficient (Wildman–Crippen LogP) is 2.99. The molecule has 0 aromatic heterocycles. The smallest absolute Gasteiger partial charge is 0.0802 e. The van der Waals surface area contributed by atoms with E-state index in [9.17, 15) is 5.11 Å². The van der Waals surface area contributed by atoms with Gasteiger partial charge in [0.05, 0.1) is 6.10 Å². The zero-order chi connectivity index (χ0) is 13.0. The van der Waals surface area contributed by atoms with E-state index >= 15 is 0 Å². The molecule has 1 aliphatic carbocycles. The second-order valence-corrected chi connectivity index (χ2v) is 5.65. The van der Waals surface area contributed by atoms with Crippen molar-refractivity contribution in [2.24, 2.45) is 0 Å². The Hall–Kier alpha value is -0.860. The molecule has 18 heavy (non-hydrogen) atoms. The molecular formula is C16H25NO. The molecule has 1 unspecified atom stereocenters. The SMILES string of the molecule is CC(C)NCCC(O)c1ccc2c(c1)CCCC2. The van der Waals surface area contributed by atoms with Gasteiger partial charge in [-0.2, -0.15) is 0 Å². The van der Waals surface area contributed by atoms with Crippen molar-refractivity contribution in [1.29, 1.82) is 0 Å². The van der Waals surface area contributed by atoms with E-state index in [0.29, 0.717) is 6.04 Å². The Bertz CT molecular complexity index is 387. The Labute approximate surface area is 110 Å². The zero-order valence-electron chi connectivity index (χ0n) is 11.6. The van der Waals surface area contributed by atoms with Gasteiger partial charge >= 0.3 is 0 Å². The molecule has 1 aromatic rings. The van der Waals surface area contributed by atoms with Crippen LogP contribution in [-0.2, 0) is 12.8 Å². The number of aliphatic hydroxyl groups excluding tert-OH is 1. The van der Waals surface area contributed by atoms with E-state index in [0.717, 1.165) is 18.5 Å². The van der Waals surface area contributed by atoms with Crippen LogP contribution in [-0.4, -0.2) is 17.7 Å². The minimum Gasteiger partial charge on any atom is -0.388 e. The molecule has 2 rings (SSSR count). The zero-order valence-corrected chi connectivity index (χ0v) is 11.6. The van der Waals surface area contributed by atoms with E-state index in [1.807, 2.05) is 0 Å². The molecule has 0 saturated heterocycles. The molecular weight excluding hydrogens is 222 g/mol. The molecule has 0 fully saturated rings. The Morgan fingerprint density at radius 1 is 1.17 bits per heavy atom. The maximum absolute atomic E-state index is 10.2. The van der Waals surface area contributed by atoms with Crippen LogP contribution in [0, 0.1) is 0 Å². The molecule has 2 nitrogen and oxygen atoms in total. The van der Waals surface area contributed by atoms with Gasteiger partial charge in [-0.25, -0.2) is 0 Å². The largest absolute Gasteiger partial charge is 0.388 e. The van der Waals surface area contributed by atoms with Gasteiger partial charge in [-0.1, -0.05) is 32.0 Å². The summed E-state index contributed by atoms with van der Waals surface area (Å²) in [6, 6.07) is 7.02. The highest BCUT2D eigenvalue weighted by Crippen LogP contribution is 2.25. The van der Waals surface area contributed by atoms with Crippen molar-refractivity contribution in [3.8, 4) is 0 Å². The molecule has 2 N–H and O–H groups in total. The average molecular weight is 247 g/mol. The molecule has 0 aliphatic heterocycles. The van der Waals surface area contributed by atoms with Gasteiger partial charge in [-0.15, -0.1) is 0 Å². The third-order valence-corrected chi connectivity index (χ3v) is 3.73. The summed E-state index contributed by atoms with van der Waals surface area (Å²) in [5, 5.41) is 13.5. The van der Waals surface area contributed by atoms with Gasteiger partial charge in [-0.3, -0.25) is 0 Å². The number of fused-ring (bicyclic) bond motifs is 1. The first kappa shape index (κ1) is 13.6. The van der Waals surface area contributed by atoms with Gasteiger partial charge in [0, 0.05) is 6.04 Å². The Morgan fingerprint density at radius 2 is 1.89 bits per heavy atom. The lowest BCUT2D eigenvalue weighted by Gasteiger charge is -2.19. The van der Waals surface area contributed by atoms with E-state index in [1.165, 1.54) is 36.8 Å². The van der Waals surface area contributed by atoms with Crippen molar-refractivity contribution in [3.05, 3.63) is 34.9 Å². The Morgan fingerprint density at radius 3 is 2.61 bits per heavy atom. The second-order valence-electron chi connectivity index (χ2n) is 5.65. The lowest BCUT2D eigenvalue weighted by molar-refractivity contribution is 0.166. The molecule has 0 amide bonds. The Kier molecular flexibility index (Phi) is 4.79. The molecule has 1 aliphatic rings. The molecule has 100 valence electrons. The molecule has 0 bridgehead atoms. The van der Waals surface area contributed by atoms with Crippen molar-refractivity contribution in [3.63, 3.8) is 0 Å². The van der Waals surface area contributed by atoms with Gasteiger partial charge in [-0.05, 0) is 55.3 Å².